The SMILES string of the molecule is C=CC(=O)OC1(F)CC(F)(OC(=O)C=C)C(F)(F)C(F)(CF)C(F)(F)C(F)(CF)C1(F)F. The highest BCUT2D eigenvalue weighted by Crippen LogP contribution is 2.65. The molecule has 32 heavy (non-hydrogen) atoms. The number of alkyl halides is 12. The fourth-order valence-corrected chi connectivity index (χ4v) is 2.75. The van der Waals surface area contributed by atoms with E-state index in [9.17, 15) is 53.5 Å². The van der Waals surface area contributed by atoms with E-state index in [0.717, 1.165) is 0 Å². The van der Waals surface area contributed by atoms with E-state index in [0.29, 0.717) is 0 Å². The van der Waals surface area contributed by atoms with Crippen molar-refractivity contribution < 1.29 is 71.7 Å². The minimum absolute atomic E-state index is 0.210. The van der Waals surface area contributed by atoms with Crippen molar-refractivity contribution in [2.45, 2.75) is 47.2 Å². The lowest BCUT2D eigenvalue weighted by atomic mass is 9.70. The van der Waals surface area contributed by atoms with Gasteiger partial charge in [0.15, 0.2) is 0 Å². The number of carbonyl (C=O) groups excluding carboxylic acids is 2. The largest absolute Gasteiger partial charge is 0.418 e. The average Bonchev–Trinajstić information content (AvgIpc) is 2.70. The summed E-state index contributed by atoms with van der Waals surface area (Å²) in [6.07, 6.45) is -4.04. The quantitative estimate of drug-likeness (QED) is 0.310. The maximum atomic E-state index is 15.0. The maximum absolute atomic E-state index is 15.0. The van der Waals surface area contributed by atoms with Crippen LogP contribution in [0.4, 0.5) is 52.7 Å². The van der Waals surface area contributed by atoms with Crippen LogP contribution in [-0.4, -0.2) is 66.1 Å². The van der Waals surface area contributed by atoms with E-state index in [-0.39, 0.29) is 12.2 Å². The van der Waals surface area contributed by atoms with Crippen LogP contribution in [0.15, 0.2) is 25.3 Å². The van der Waals surface area contributed by atoms with Gasteiger partial charge in [0.1, 0.15) is 19.8 Å². The number of hydrogen-bond acceptors (Lipinski definition) is 4. The van der Waals surface area contributed by atoms with Crippen LogP contribution in [0, 0.1) is 0 Å². The van der Waals surface area contributed by atoms with Gasteiger partial charge in [0.2, 0.25) is 0 Å². The van der Waals surface area contributed by atoms with Crippen molar-refractivity contribution in [1.29, 1.82) is 0 Å². The molecule has 0 aromatic rings. The molecule has 4 atom stereocenters. The van der Waals surface area contributed by atoms with Crippen LogP contribution >= 0.6 is 0 Å². The highest BCUT2D eigenvalue weighted by atomic mass is 19.3. The number of ether oxygens (including phenoxy) is 2. The molecule has 1 fully saturated rings. The number of hydrogen-bond donors (Lipinski definition) is 0. The molecule has 1 aliphatic carbocycles. The van der Waals surface area contributed by atoms with Crippen LogP contribution in [0.3, 0.4) is 0 Å². The molecule has 0 aromatic heterocycles. The van der Waals surface area contributed by atoms with Gasteiger partial charge in [-0.15, -0.1) is 0 Å². The second-order valence-electron chi connectivity index (χ2n) is 6.48. The Bertz CT molecular complexity index is 742. The van der Waals surface area contributed by atoms with E-state index in [1.165, 1.54) is 0 Å². The summed E-state index contributed by atoms with van der Waals surface area (Å²) in [6, 6.07) is 0. The molecule has 1 rings (SSSR count). The first-order valence-corrected chi connectivity index (χ1v) is 7.96. The first kappa shape index (κ1) is 27.6. The Morgan fingerprint density at radius 1 is 0.656 bits per heavy atom. The summed E-state index contributed by atoms with van der Waals surface area (Å²) in [5.41, 5.74) is -13.4. The first-order valence-electron chi connectivity index (χ1n) is 7.96. The van der Waals surface area contributed by atoms with Gasteiger partial charge in [-0.2, -0.15) is 35.1 Å². The Kier molecular flexibility index (Phi) is 6.79. The van der Waals surface area contributed by atoms with Gasteiger partial charge >= 0.3 is 41.4 Å². The predicted molar refractivity (Wildman–Crippen MR) is 79.3 cm³/mol. The molecule has 0 heterocycles. The summed E-state index contributed by atoms with van der Waals surface area (Å²) in [5, 5.41) is 0. The van der Waals surface area contributed by atoms with Crippen LogP contribution < -0.4 is 0 Å². The topological polar surface area (TPSA) is 52.6 Å². The predicted octanol–water partition coefficient (Wildman–Crippen LogP) is 4.44. The Hall–Kier alpha value is -2.42. The van der Waals surface area contributed by atoms with Gasteiger partial charge in [0.05, 0.1) is 0 Å². The molecular weight excluding hydrogens is 484 g/mol. The van der Waals surface area contributed by atoms with Crippen LogP contribution in [0.25, 0.3) is 0 Å². The maximum Gasteiger partial charge on any atom is 0.358 e. The Morgan fingerprint density at radius 3 is 1.16 bits per heavy atom. The van der Waals surface area contributed by atoms with E-state index in [1.54, 1.807) is 0 Å². The van der Waals surface area contributed by atoms with Gasteiger partial charge < -0.3 is 9.47 Å². The average molecular weight is 496 g/mol. The van der Waals surface area contributed by atoms with Gasteiger partial charge in [0.25, 0.3) is 11.3 Å². The molecule has 16 heteroatoms. The molecule has 4 unspecified atom stereocenters. The van der Waals surface area contributed by atoms with Crippen molar-refractivity contribution in [2.24, 2.45) is 0 Å². The number of carbonyl (C=O) groups is 2. The second kappa shape index (κ2) is 7.86. The van der Waals surface area contributed by atoms with E-state index < -0.39 is 72.5 Å². The Balaban J connectivity index is 4.18. The minimum Gasteiger partial charge on any atom is -0.418 e. The fraction of sp³-hybridized carbons (Fsp3) is 0.625. The van der Waals surface area contributed by atoms with E-state index in [4.69, 9.17) is 0 Å². The molecule has 0 bridgehead atoms. The molecule has 4 nitrogen and oxygen atoms in total. The Labute approximate surface area is 170 Å². The molecular formula is C16H12F12O4. The van der Waals surface area contributed by atoms with Gasteiger partial charge in [-0.3, -0.25) is 0 Å². The lowest BCUT2D eigenvalue weighted by molar-refractivity contribution is -0.438. The fourth-order valence-electron chi connectivity index (χ4n) is 2.75. The van der Waals surface area contributed by atoms with Crippen molar-refractivity contribution in [1.82, 2.24) is 0 Å². The highest BCUT2D eigenvalue weighted by molar-refractivity contribution is 5.82. The molecule has 0 saturated heterocycles. The van der Waals surface area contributed by atoms with Gasteiger partial charge in [-0.25, -0.2) is 27.2 Å². The lowest BCUT2D eigenvalue weighted by Gasteiger charge is -2.53. The first-order chi connectivity index (χ1) is 14.2. The summed E-state index contributed by atoms with van der Waals surface area (Å²) in [4.78, 5) is 22.4. The zero-order valence-corrected chi connectivity index (χ0v) is 15.4. The molecule has 0 N–H and O–H groups in total. The standard InChI is InChI=1S/C16H12F12O4/c1-3-8(29)31-12(21)5-13(22,32-9(30)4-2)16(27,28)11(20,7-18)14(23,24)10(19,6-17)15(12,25)26/h3-4H,1-2,5-7H2. The van der Waals surface area contributed by atoms with E-state index >= 15 is 8.78 Å². The smallest absolute Gasteiger partial charge is 0.358 e. The van der Waals surface area contributed by atoms with Gasteiger partial charge in [-0.1, -0.05) is 13.2 Å². The summed E-state index contributed by atoms with van der Waals surface area (Å²) >= 11 is 0. The van der Waals surface area contributed by atoms with E-state index in [2.05, 4.69) is 22.6 Å². The normalized spacial score (nSPS) is 38.0. The minimum atomic E-state index is -7.28. The summed E-state index contributed by atoms with van der Waals surface area (Å²) in [6.45, 7) is -2.64. The molecule has 0 amide bonds. The lowest BCUT2D eigenvalue weighted by Crippen LogP contribution is -2.82. The van der Waals surface area contributed by atoms with Crippen LogP contribution in [-0.2, 0) is 19.1 Å². The van der Waals surface area contributed by atoms with Crippen LogP contribution in [0.2, 0.25) is 0 Å². The molecule has 1 aliphatic rings. The summed E-state index contributed by atoms with van der Waals surface area (Å²) in [7, 11) is 0. The third kappa shape index (κ3) is 3.24. The van der Waals surface area contributed by atoms with E-state index in [1.807, 2.05) is 0 Å². The van der Waals surface area contributed by atoms with Crippen molar-refractivity contribution >= 4 is 11.9 Å². The number of halogens is 12. The number of rotatable bonds is 6. The van der Waals surface area contributed by atoms with Gasteiger partial charge in [-0.05, 0) is 0 Å². The van der Waals surface area contributed by atoms with Crippen LogP contribution in [0.5, 0.6) is 0 Å². The molecule has 0 aliphatic heterocycles. The highest BCUT2D eigenvalue weighted by Gasteiger charge is 2.94. The van der Waals surface area contributed by atoms with Crippen molar-refractivity contribution in [3.05, 3.63) is 25.3 Å². The zero-order chi connectivity index (χ0) is 25.6. The molecule has 184 valence electrons. The van der Waals surface area contributed by atoms with Gasteiger partial charge in [0, 0.05) is 12.2 Å². The Morgan fingerprint density at radius 2 is 0.938 bits per heavy atom. The third-order valence-corrected chi connectivity index (χ3v) is 4.61. The van der Waals surface area contributed by atoms with Crippen molar-refractivity contribution in [2.75, 3.05) is 13.3 Å². The number of esters is 2. The monoisotopic (exact) mass is 496 g/mol. The molecule has 0 radical (unpaired) electrons. The molecule has 0 aromatic carbocycles. The van der Waals surface area contributed by atoms with Crippen molar-refractivity contribution in [3.8, 4) is 0 Å². The summed E-state index contributed by atoms with van der Waals surface area (Å²) in [5.74, 6) is -38.0. The third-order valence-electron chi connectivity index (χ3n) is 4.61. The molecule has 0 spiro atoms. The zero-order valence-electron chi connectivity index (χ0n) is 15.4. The van der Waals surface area contributed by atoms with Crippen molar-refractivity contribution in [3.63, 3.8) is 0 Å². The molecule has 1 saturated carbocycles. The summed E-state index contributed by atoms with van der Waals surface area (Å²) < 4.78 is 179. The second-order valence-corrected chi connectivity index (χ2v) is 6.48. The van der Waals surface area contributed by atoms with Crippen LogP contribution in [0.1, 0.15) is 6.42 Å².